The molecule has 0 aliphatic carbocycles. The zero-order chi connectivity index (χ0) is 9.84. The van der Waals surface area contributed by atoms with Crippen molar-refractivity contribution in [3.63, 3.8) is 0 Å². The van der Waals surface area contributed by atoms with Crippen molar-refractivity contribution in [2.45, 2.75) is 19.3 Å². The number of carboxylic acids is 1. The van der Waals surface area contributed by atoms with E-state index in [4.69, 9.17) is 10.4 Å². The van der Waals surface area contributed by atoms with E-state index in [9.17, 15) is 4.79 Å². The molecule has 1 heterocycles. The van der Waals surface area contributed by atoms with Gasteiger partial charge in [0.1, 0.15) is 4.88 Å². The Labute approximate surface area is 80.2 Å². The van der Waals surface area contributed by atoms with Gasteiger partial charge in [0, 0.05) is 17.2 Å². The molecule has 1 N–H and O–H groups in total. The molecule has 0 amide bonds. The van der Waals surface area contributed by atoms with Crippen LogP contribution in [-0.2, 0) is 0 Å². The number of nitrogens with zero attached hydrogens (tertiary/aromatic N) is 1. The first-order valence-corrected chi connectivity index (χ1v) is 4.66. The lowest BCUT2D eigenvalue weighted by Gasteiger charge is -2.00. The summed E-state index contributed by atoms with van der Waals surface area (Å²) < 4.78 is 0. The first kappa shape index (κ1) is 9.75. The molecule has 3 nitrogen and oxygen atoms in total. The predicted molar refractivity (Wildman–Crippen MR) is 49.9 cm³/mol. The average Bonchev–Trinajstić information content (AvgIpc) is 2.52. The van der Waals surface area contributed by atoms with Gasteiger partial charge in [0.2, 0.25) is 0 Å². The minimum atomic E-state index is -0.902. The van der Waals surface area contributed by atoms with Crippen molar-refractivity contribution in [1.82, 2.24) is 0 Å². The number of hydrogen-bond donors (Lipinski definition) is 1. The molecule has 4 heteroatoms. The van der Waals surface area contributed by atoms with Crippen molar-refractivity contribution in [3.05, 3.63) is 21.9 Å². The van der Waals surface area contributed by atoms with Gasteiger partial charge < -0.3 is 5.11 Å². The van der Waals surface area contributed by atoms with Crippen LogP contribution in [0.4, 0.5) is 0 Å². The van der Waals surface area contributed by atoms with E-state index >= 15 is 0 Å². The fourth-order valence-electron chi connectivity index (χ4n) is 0.970. The van der Waals surface area contributed by atoms with Crippen molar-refractivity contribution in [2.75, 3.05) is 0 Å². The third-order valence-electron chi connectivity index (χ3n) is 1.72. The van der Waals surface area contributed by atoms with Crippen LogP contribution in [0.1, 0.15) is 33.8 Å². The summed E-state index contributed by atoms with van der Waals surface area (Å²) in [5.74, 6) is -0.775. The van der Waals surface area contributed by atoms with Crippen molar-refractivity contribution in [2.24, 2.45) is 0 Å². The highest BCUT2D eigenvalue weighted by atomic mass is 32.1. The molecule has 0 aliphatic heterocycles. The van der Waals surface area contributed by atoms with E-state index in [0.717, 1.165) is 4.88 Å². The molecule has 0 saturated carbocycles. The molecule has 0 aromatic carbocycles. The molecule has 1 atom stereocenters. The van der Waals surface area contributed by atoms with Crippen LogP contribution < -0.4 is 0 Å². The zero-order valence-corrected chi connectivity index (χ0v) is 7.97. The van der Waals surface area contributed by atoms with Gasteiger partial charge in [-0.2, -0.15) is 5.26 Å². The van der Waals surface area contributed by atoms with Gasteiger partial charge in [0.25, 0.3) is 0 Å². The Morgan fingerprint density at radius 1 is 1.77 bits per heavy atom. The molecule has 0 bridgehead atoms. The summed E-state index contributed by atoms with van der Waals surface area (Å²) in [6.07, 6.45) is 0.430. The molecular weight excluding hydrogens is 186 g/mol. The maximum atomic E-state index is 10.5. The van der Waals surface area contributed by atoms with E-state index < -0.39 is 5.97 Å². The topological polar surface area (TPSA) is 61.1 Å². The predicted octanol–water partition coefficient (Wildman–Crippen LogP) is 2.46. The van der Waals surface area contributed by atoms with E-state index in [1.807, 2.05) is 6.92 Å². The summed E-state index contributed by atoms with van der Waals surface area (Å²) in [4.78, 5) is 11.8. The summed E-state index contributed by atoms with van der Waals surface area (Å²) in [5.41, 5.74) is 0. The smallest absolute Gasteiger partial charge is 0.345 e. The molecule has 0 fully saturated rings. The van der Waals surface area contributed by atoms with Gasteiger partial charge in [-0.1, -0.05) is 6.92 Å². The zero-order valence-electron chi connectivity index (χ0n) is 7.15. The lowest BCUT2D eigenvalue weighted by atomic mass is 10.1. The molecule has 0 saturated heterocycles. The molecule has 1 unspecified atom stereocenters. The third kappa shape index (κ3) is 2.30. The van der Waals surface area contributed by atoms with Gasteiger partial charge in [-0.25, -0.2) is 4.79 Å². The van der Waals surface area contributed by atoms with Gasteiger partial charge in [-0.3, -0.25) is 0 Å². The second kappa shape index (κ2) is 4.06. The van der Waals surface area contributed by atoms with Crippen molar-refractivity contribution in [3.8, 4) is 6.07 Å². The number of rotatable bonds is 3. The van der Waals surface area contributed by atoms with E-state index in [2.05, 4.69) is 6.07 Å². The van der Waals surface area contributed by atoms with Gasteiger partial charge in [-0.15, -0.1) is 11.3 Å². The summed E-state index contributed by atoms with van der Waals surface area (Å²) in [6, 6.07) is 5.42. The standard InChI is InChI=1S/C9H9NO2S/c1-6(4-5-10)7-2-3-8(13-7)9(11)12/h2-3,6H,4H2,1H3,(H,11,12). The maximum absolute atomic E-state index is 10.5. The largest absolute Gasteiger partial charge is 0.477 e. The lowest BCUT2D eigenvalue weighted by molar-refractivity contribution is 0.0702. The van der Waals surface area contributed by atoms with Crippen molar-refractivity contribution >= 4 is 17.3 Å². The van der Waals surface area contributed by atoms with Crippen LogP contribution in [0.2, 0.25) is 0 Å². The highest BCUT2D eigenvalue weighted by Crippen LogP contribution is 2.26. The number of aromatic carboxylic acids is 1. The van der Waals surface area contributed by atoms with E-state index in [1.165, 1.54) is 11.3 Å². The number of carbonyl (C=O) groups is 1. The SMILES string of the molecule is CC(CC#N)c1ccc(C(=O)O)s1. The molecule has 0 aliphatic rings. The molecular formula is C9H9NO2S. The highest BCUT2D eigenvalue weighted by Gasteiger charge is 2.11. The first-order chi connectivity index (χ1) is 6.15. The van der Waals surface area contributed by atoms with Crippen molar-refractivity contribution in [1.29, 1.82) is 5.26 Å². The van der Waals surface area contributed by atoms with Gasteiger partial charge in [0.05, 0.1) is 6.07 Å². The normalized spacial score (nSPS) is 12.0. The summed E-state index contributed by atoms with van der Waals surface area (Å²) in [5, 5.41) is 17.1. The van der Waals surface area contributed by atoms with E-state index in [-0.39, 0.29) is 5.92 Å². The number of nitriles is 1. The molecule has 68 valence electrons. The van der Waals surface area contributed by atoms with Crippen LogP contribution in [0.3, 0.4) is 0 Å². The minimum Gasteiger partial charge on any atom is -0.477 e. The van der Waals surface area contributed by atoms with Crippen LogP contribution in [0.5, 0.6) is 0 Å². The Balaban J connectivity index is 2.80. The number of hydrogen-bond acceptors (Lipinski definition) is 3. The Hall–Kier alpha value is -1.34. The Morgan fingerprint density at radius 2 is 2.46 bits per heavy atom. The number of carboxylic acid groups (broad SMARTS) is 1. The highest BCUT2D eigenvalue weighted by molar-refractivity contribution is 7.14. The molecule has 13 heavy (non-hydrogen) atoms. The summed E-state index contributed by atoms with van der Waals surface area (Å²) in [7, 11) is 0. The minimum absolute atomic E-state index is 0.128. The monoisotopic (exact) mass is 195 g/mol. The van der Waals surface area contributed by atoms with Crippen LogP contribution in [0.15, 0.2) is 12.1 Å². The van der Waals surface area contributed by atoms with Crippen LogP contribution >= 0.6 is 11.3 Å². The van der Waals surface area contributed by atoms with Crippen molar-refractivity contribution < 1.29 is 9.90 Å². The Bertz CT molecular complexity index is 351. The average molecular weight is 195 g/mol. The Kier molecular flexibility index (Phi) is 3.04. The first-order valence-electron chi connectivity index (χ1n) is 3.85. The lowest BCUT2D eigenvalue weighted by Crippen LogP contribution is -1.90. The second-order valence-corrected chi connectivity index (χ2v) is 3.89. The fourth-order valence-corrected chi connectivity index (χ4v) is 1.87. The van der Waals surface area contributed by atoms with Gasteiger partial charge in [0.15, 0.2) is 0 Å². The van der Waals surface area contributed by atoms with Gasteiger partial charge >= 0.3 is 5.97 Å². The quantitative estimate of drug-likeness (QED) is 0.805. The summed E-state index contributed by atoms with van der Waals surface area (Å²) >= 11 is 1.24. The third-order valence-corrected chi connectivity index (χ3v) is 3.03. The van der Waals surface area contributed by atoms with Gasteiger partial charge in [-0.05, 0) is 12.1 Å². The van der Waals surface area contributed by atoms with Crippen LogP contribution in [0.25, 0.3) is 0 Å². The second-order valence-electron chi connectivity index (χ2n) is 2.77. The van der Waals surface area contributed by atoms with Crippen LogP contribution in [-0.4, -0.2) is 11.1 Å². The molecule has 0 spiro atoms. The summed E-state index contributed by atoms with van der Waals surface area (Å²) in [6.45, 7) is 1.92. The van der Waals surface area contributed by atoms with Crippen LogP contribution in [0, 0.1) is 11.3 Å². The maximum Gasteiger partial charge on any atom is 0.345 e. The van der Waals surface area contributed by atoms with E-state index in [0.29, 0.717) is 11.3 Å². The van der Waals surface area contributed by atoms with E-state index in [1.54, 1.807) is 12.1 Å². The molecule has 0 radical (unpaired) electrons. The molecule has 1 rings (SSSR count). The molecule has 1 aromatic heterocycles. The Morgan fingerprint density at radius 3 is 2.92 bits per heavy atom. The molecule has 1 aromatic rings. The number of thiophene rings is 1. The fraction of sp³-hybridized carbons (Fsp3) is 0.333.